The second-order valence-electron chi connectivity index (χ2n) is 3.97. The second kappa shape index (κ2) is 9.22. The lowest BCUT2D eigenvalue weighted by molar-refractivity contribution is 0.203. The molecule has 1 aromatic rings. The minimum Gasteiger partial charge on any atom is -0.497 e. The van der Waals surface area contributed by atoms with E-state index >= 15 is 0 Å². The summed E-state index contributed by atoms with van der Waals surface area (Å²) in [6.07, 6.45) is 0. The van der Waals surface area contributed by atoms with E-state index in [0.717, 1.165) is 30.4 Å². The largest absolute Gasteiger partial charge is 0.497 e. The van der Waals surface area contributed by atoms with Gasteiger partial charge >= 0.3 is 0 Å². The fourth-order valence-electron chi connectivity index (χ4n) is 1.55. The van der Waals surface area contributed by atoms with Crippen LogP contribution in [0.1, 0.15) is 12.5 Å². The number of nitrogens with one attached hydrogen (secondary N) is 2. The SMILES string of the molecule is CCNC(=NCc1cccc(OC)c1)NCCOC. The van der Waals surface area contributed by atoms with Crippen molar-refractivity contribution in [2.45, 2.75) is 13.5 Å². The third-order valence-corrected chi connectivity index (χ3v) is 2.50. The molecule has 0 radical (unpaired) electrons. The van der Waals surface area contributed by atoms with Crippen LogP contribution in [0, 0.1) is 0 Å². The summed E-state index contributed by atoms with van der Waals surface area (Å²) in [5.41, 5.74) is 1.11. The summed E-state index contributed by atoms with van der Waals surface area (Å²) in [4.78, 5) is 4.51. The van der Waals surface area contributed by atoms with Gasteiger partial charge in [0, 0.05) is 20.2 Å². The van der Waals surface area contributed by atoms with E-state index in [-0.39, 0.29) is 0 Å². The van der Waals surface area contributed by atoms with Gasteiger partial charge in [-0.2, -0.15) is 0 Å². The fourth-order valence-corrected chi connectivity index (χ4v) is 1.55. The van der Waals surface area contributed by atoms with Gasteiger partial charge in [-0.05, 0) is 24.6 Å². The summed E-state index contributed by atoms with van der Waals surface area (Å²) in [6, 6.07) is 7.91. The lowest BCUT2D eigenvalue weighted by Gasteiger charge is -2.10. The van der Waals surface area contributed by atoms with Gasteiger partial charge in [0.1, 0.15) is 5.75 Å². The molecule has 0 saturated carbocycles. The van der Waals surface area contributed by atoms with Crippen molar-refractivity contribution in [2.75, 3.05) is 33.9 Å². The van der Waals surface area contributed by atoms with Gasteiger partial charge in [-0.1, -0.05) is 12.1 Å². The van der Waals surface area contributed by atoms with Crippen molar-refractivity contribution in [3.05, 3.63) is 29.8 Å². The van der Waals surface area contributed by atoms with Crippen molar-refractivity contribution in [1.29, 1.82) is 0 Å². The number of methoxy groups -OCH3 is 2. The quantitative estimate of drug-likeness (QED) is 0.444. The first-order chi connectivity index (χ1) is 9.30. The average molecular weight is 265 g/mol. The Hall–Kier alpha value is -1.75. The Kier molecular flexibility index (Phi) is 7.43. The van der Waals surface area contributed by atoms with Crippen LogP contribution in [0.4, 0.5) is 0 Å². The molecule has 0 fully saturated rings. The fraction of sp³-hybridized carbons (Fsp3) is 0.500. The van der Waals surface area contributed by atoms with Crippen LogP contribution in [0.15, 0.2) is 29.3 Å². The molecule has 19 heavy (non-hydrogen) atoms. The number of rotatable bonds is 7. The second-order valence-corrected chi connectivity index (χ2v) is 3.97. The van der Waals surface area contributed by atoms with E-state index in [4.69, 9.17) is 9.47 Å². The normalized spacial score (nSPS) is 11.2. The number of nitrogens with zero attached hydrogens (tertiary/aromatic N) is 1. The Morgan fingerprint density at radius 1 is 1.26 bits per heavy atom. The zero-order chi connectivity index (χ0) is 13.9. The van der Waals surface area contributed by atoms with Gasteiger partial charge in [0.15, 0.2) is 5.96 Å². The number of hydrogen-bond acceptors (Lipinski definition) is 3. The monoisotopic (exact) mass is 265 g/mol. The average Bonchev–Trinajstić information content (AvgIpc) is 2.45. The molecule has 106 valence electrons. The molecule has 0 amide bonds. The summed E-state index contributed by atoms with van der Waals surface area (Å²) >= 11 is 0. The molecule has 0 saturated heterocycles. The molecule has 0 aliphatic rings. The predicted molar refractivity (Wildman–Crippen MR) is 77.7 cm³/mol. The van der Waals surface area contributed by atoms with Crippen LogP contribution < -0.4 is 15.4 Å². The van der Waals surface area contributed by atoms with Crippen molar-refractivity contribution >= 4 is 5.96 Å². The maximum Gasteiger partial charge on any atom is 0.191 e. The standard InChI is InChI=1S/C14H23N3O2/c1-4-15-14(16-8-9-18-2)17-11-12-6-5-7-13(10-12)19-3/h5-7,10H,4,8-9,11H2,1-3H3,(H2,15,16,17). The molecule has 0 heterocycles. The minimum absolute atomic E-state index is 0.611. The molecule has 0 bridgehead atoms. The maximum absolute atomic E-state index is 5.19. The van der Waals surface area contributed by atoms with E-state index in [1.807, 2.05) is 31.2 Å². The first-order valence-corrected chi connectivity index (χ1v) is 6.44. The third-order valence-electron chi connectivity index (χ3n) is 2.50. The summed E-state index contributed by atoms with van der Waals surface area (Å²) in [5.74, 6) is 1.65. The number of benzene rings is 1. The first kappa shape index (κ1) is 15.3. The Labute approximate surface area is 115 Å². The van der Waals surface area contributed by atoms with E-state index in [1.54, 1.807) is 14.2 Å². The maximum atomic E-state index is 5.19. The van der Waals surface area contributed by atoms with Crippen LogP contribution in [0.5, 0.6) is 5.75 Å². The molecule has 0 atom stereocenters. The molecule has 0 aliphatic carbocycles. The highest BCUT2D eigenvalue weighted by Crippen LogP contribution is 2.12. The lowest BCUT2D eigenvalue weighted by atomic mass is 10.2. The molecule has 0 spiro atoms. The molecule has 0 aliphatic heterocycles. The van der Waals surface area contributed by atoms with Gasteiger partial charge in [0.05, 0.1) is 20.3 Å². The van der Waals surface area contributed by atoms with E-state index in [1.165, 1.54) is 0 Å². The lowest BCUT2D eigenvalue weighted by Crippen LogP contribution is -2.38. The van der Waals surface area contributed by atoms with E-state index in [9.17, 15) is 0 Å². The zero-order valence-corrected chi connectivity index (χ0v) is 11.9. The minimum atomic E-state index is 0.611. The smallest absolute Gasteiger partial charge is 0.191 e. The number of guanidine groups is 1. The van der Waals surface area contributed by atoms with Crippen LogP contribution >= 0.6 is 0 Å². The van der Waals surface area contributed by atoms with Gasteiger partial charge < -0.3 is 20.1 Å². The number of hydrogen-bond donors (Lipinski definition) is 2. The predicted octanol–water partition coefficient (Wildman–Crippen LogP) is 1.40. The van der Waals surface area contributed by atoms with Gasteiger partial charge in [0.25, 0.3) is 0 Å². The molecular formula is C14H23N3O2. The van der Waals surface area contributed by atoms with Crippen LogP contribution in [0.2, 0.25) is 0 Å². The Morgan fingerprint density at radius 3 is 2.79 bits per heavy atom. The van der Waals surface area contributed by atoms with Crippen molar-refractivity contribution in [1.82, 2.24) is 10.6 Å². The molecule has 1 rings (SSSR count). The third kappa shape index (κ3) is 6.10. The van der Waals surface area contributed by atoms with Crippen LogP contribution in [0.3, 0.4) is 0 Å². The van der Waals surface area contributed by atoms with Gasteiger partial charge in [-0.15, -0.1) is 0 Å². The molecule has 5 nitrogen and oxygen atoms in total. The Balaban J connectivity index is 2.57. The molecule has 1 aromatic carbocycles. The molecule has 5 heteroatoms. The van der Waals surface area contributed by atoms with Crippen molar-refractivity contribution in [2.24, 2.45) is 4.99 Å². The van der Waals surface area contributed by atoms with Crippen molar-refractivity contribution in [3.63, 3.8) is 0 Å². The van der Waals surface area contributed by atoms with Crippen molar-refractivity contribution < 1.29 is 9.47 Å². The molecular weight excluding hydrogens is 242 g/mol. The summed E-state index contributed by atoms with van der Waals surface area (Å²) < 4.78 is 10.2. The van der Waals surface area contributed by atoms with Crippen molar-refractivity contribution in [3.8, 4) is 5.75 Å². The highest BCUT2D eigenvalue weighted by Gasteiger charge is 1.98. The van der Waals surface area contributed by atoms with Crippen LogP contribution in [0.25, 0.3) is 0 Å². The van der Waals surface area contributed by atoms with E-state index in [0.29, 0.717) is 13.2 Å². The number of ether oxygens (including phenoxy) is 2. The van der Waals surface area contributed by atoms with Crippen LogP contribution in [-0.4, -0.2) is 39.9 Å². The Morgan fingerprint density at radius 2 is 2.11 bits per heavy atom. The Bertz CT molecular complexity index is 394. The highest BCUT2D eigenvalue weighted by atomic mass is 16.5. The molecule has 0 aromatic heterocycles. The highest BCUT2D eigenvalue weighted by molar-refractivity contribution is 5.79. The summed E-state index contributed by atoms with van der Waals surface area (Å²) in [6.45, 7) is 4.87. The van der Waals surface area contributed by atoms with E-state index in [2.05, 4.69) is 15.6 Å². The summed E-state index contributed by atoms with van der Waals surface area (Å²) in [5, 5.41) is 6.40. The van der Waals surface area contributed by atoms with Crippen LogP contribution in [-0.2, 0) is 11.3 Å². The topological polar surface area (TPSA) is 54.9 Å². The van der Waals surface area contributed by atoms with E-state index < -0.39 is 0 Å². The van der Waals surface area contributed by atoms with Gasteiger partial charge in [-0.25, -0.2) is 4.99 Å². The van der Waals surface area contributed by atoms with Gasteiger partial charge in [0.2, 0.25) is 0 Å². The van der Waals surface area contributed by atoms with Gasteiger partial charge in [-0.3, -0.25) is 0 Å². The first-order valence-electron chi connectivity index (χ1n) is 6.44. The molecule has 0 unspecified atom stereocenters. The zero-order valence-electron chi connectivity index (χ0n) is 11.9. The summed E-state index contributed by atoms with van der Waals surface area (Å²) in [7, 11) is 3.35. The molecule has 2 N–H and O–H groups in total. The number of aliphatic imine (C=N–C) groups is 1.